The summed E-state index contributed by atoms with van der Waals surface area (Å²) in [6.45, 7) is 5.93. The molecule has 0 radical (unpaired) electrons. The van der Waals surface area contributed by atoms with Crippen LogP contribution in [0.25, 0.3) is 0 Å². The van der Waals surface area contributed by atoms with Gasteiger partial charge in [-0.2, -0.15) is 0 Å². The Labute approximate surface area is 113 Å². The Morgan fingerprint density at radius 1 is 1.05 bits per heavy atom. The molecule has 1 rings (SSSR count). The van der Waals surface area contributed by atoms with Crippen molar-refractivity contribution in [1.29, 1.82) is 0 Å². The van der Waals surface area contributed by atoms with Crippen LogP contribution in [0.15, 0.2) is 29.2 Å². The first-order chi connectivity index (χ1) is 8.95. The zero-order chi connectivity index (χ0) is 15.5. The number of benzene rings is 1. The molecule has 0 amide bonds. The Bertz CT molecular complexity index is 414. The van der Waals surface area contributed by atoms with Gasteiger partial charge in [-0.1, -0.05) is 32.9 Å². The second-order valence-electron chi connectivity index (χ2n) is 3.17. The number of aryl methyl sites for hydroxylation is 1. The smallest absolute Gasteiger partial charge is 0.252 e. The van der Waals surface area contributed by atoms with Crippen molar-refractivity contribution in [2.45, 2.75) is 38.5 Å². The Kier molecular flexibility index (Phi) is 11.6. The van der Waals surface area contributed by atoms with Crippen LogP contribution in [-0.2, 0) is 16.3 Å². The molecule has 0 fully saturated rings. The molecule has 0 unspecified atom stereocenters. The summed E-state index contributed by atoms with van der Waals surface area (Å²) in [6, 6.07) is 6.02. The summed E-state index contributed by atoms with van der Waals surface area (Å²) in [5.41, 5.74) is 0.978. The molecule has 0 N–H and O–H groups in total. The summed E-state index contributed by atoms with van der Waals surface area (Å²) in [5, 5.41) is 0. The third kappa shape index (κ3) is 7.87. The van der Waals surface area contributed by atoms with E-state index in [2.05, 4.69) is 0 Å². The molecule has 112 valence electrons. The molecule has 0 saturated heterocycles. The average Bonchev–Trinajstić information content (AvgIpc) is 2.42. The summed E-state index contributed by atoms with van der Waals surface area (Å²) in [5.74, 6) is -1.11. The molecule has 19 heavy (non-hydrogen) atoms. The van der Waals surface area contributed by atoms with Crippen LogP contribution in [-0.4, -0.2) is 27.8 Å². The highest BCUT2D eigenvalue weighted by Gasteiger charge is 2.19. The highest BCUT2D eigenvalue weighted by Crippen LogP contribution is 2.14. The topological polar surface area (TPSA) is 34.1 Å². The summed E-state index contributed by atoms with van der Waals surface area (Å²) in [4.78, 5) is -0.0417. The third-order valence-electron chi connectivity index (χ3n) is 2.04. The molecule has 0 aliphatic heterocycles. The number of sulfone groups is 1. The van der Waals surface area contributed by atoms with Crippen LogP contribution in [0.1, 0.15) is 26.3 Å². The fourth-order valence-electron chi connectivity index (χ4n) is 1.19. The molecule has 0 atom stereocenters. The molecule has 1 aromatic rings. The number of hydrogen-bond acceptors (Lipinski definition) is 2. The van der Waals surface area contributed by atoms with E-state index in [4.69, 9.17) is 0 Å². The Morgan fingerprint density at radius 2 is 1.47 bits per heavy atom. The van der Waals surface area contributed by atoms with Crippen molar-refractivity contribution in [3.05, 3.63) is 29.8 Å². The van der Waals surface area contributed by atoms with Gasteiger partial charge in [-0.3, -0.25) is 4.39 Å². The largest absolute Gasteiger partial charge is 0.255 e. The van der Waals surface area contributed by atoms with Crippen molar-refractivity contribution >= 4 is 9.84 Å². The fourth-order valence-corrected chi connectivity index (χ4v) is 2.27. The molecule has 1 aromatic carbocycles. The van der Waals surface area contributed by atoms with Gasteiger partial charge < -0.3 is 0 Å². The molecule has 6 heteroatoms. The number of rotatable bonds is 4. The van der Waals surface area contributed by atoms with Crippen molar-refractivity contribution in [2.24, 2.45) is 0 Å². The van der Waals surface area contributed by atoms with Gasteiger partial charge in [0, 0.05) is 0 Å². The predicted molar refractivity (Wildman–Crippen MR) is 72.3 cm³/mol. The number of hydrogen-bond donors (Lipinski definition) is 0. The fraction of sp³-hybridized carbons (Fsp3) is 0.538. The molecule has 0 spiro atoms. The lowest BCUT2D eigenvalue weighted by atomic mass is 10.2. The molecular formula is C13H21F3O2S. The summed E-state index contributed by atoms with van der Waals surface area (Å²) >= 11 is 0. The summed E-state index contributed by atoms with van der Waals surface area (Å²) in [6.07, 6.45) is -2.05. The van der Waals surface area contributed by atoms with E-state index >= 15 is 0 Å². The van der Waals surface area contributed by atoms with Gasteiger partial charge in [-0.15, -0.1) is 0 Å². The van der Waals surface area contributed by atoms with Gasteiger partial charge in [0.25, 0.3) is 6.43 Å². The van der Waals surface area contributed by atoms with Gasteiger partial charge in [0.05, 0.1) is 12.1 Å². The molecule has 0 aliphatic carbocycles. The Hall–Kier alpha value is -1.04. The maximum atomic E-state index is 12.0. The third-order valence-corrected chi connectivity index (χ3v) is 3.72. The molecule has 2 nitrogen and oxygen atoms in total. The van der Waals surface area contributed by atoms with Crippen LogP contribution in [0.5, 0.6) is 0 Å². The van der Waals surface area contributed by atoms with Crippen LogP contribution in [0.2, 0.25) is 0 Å². The SMILES string of the molecule is CC.CCc1ccc(S(=O)(=O)CC(F)F)cc1.CF. The average molecular weight is 298 g/mol. The van der Waals surface area contributed by atoms with E-state index in [0.29, 0.717) is 7.18 Å². The van der Waals surface area contributed by atoms with E-state index in [1.165, 1.54) is 12.1 Å². The van der Waals surface area contributed by atoms with E-state index in [-0.39, 0.29) is 4.90 Å². The maximum Gasteiger partial charge on any atom is 0.252 e. The number of alkyl halides is 3. The monoisotopic (exact) mass is 298 g/mol. The van der Waals surface area contributed by atoms with E-state index in [1.54, 1.807) is 12.1 Å². The van der Waals surface area contributed by atoms with Gasteiger partial charge in [-0.25, -0.2) is 17.2 Å². The quantitative estimate of drug-likeness (QED) is 0.845. The highest BCUT2D eigenvalue weighted by atomic mass is 32.2. The molecule has 0 aromatic heterocycles. The van der Waals surface area contributed by atoms with E-state index in [9.17, 15) is 21.6 Å². The molecule has 0 aliphatic rings. The van der Waals surface area contributed by atoms with Crippen LogP contribution in [0, 0.1) is 0 Å². The van der Waals surface area contributed by atoms with E-state index < -0.39 is 22.0 Å². The first-order valence-corrected chi connectivity index (χ1v) is 7.58. The van der Waals surface area contributed by atoms with Crippen molar-refractivity contribution in [3.63, 3.8) is 0 Å². The minimum Gasteiger partial charge on any atom is -0.255 e. The zero-order valence-electron chi connectivity index (χ0n) is 11.7. The molecule has 0 saturated carbocycles. The molecule has 0 heterocycles. The second-order valence-corrected chi connectivity index (χ2v) is 5.20. The zero-order valence-corrected chi connectivity index (χ0v) is 12.5. The first kappa shape index (κ1) is 20.3. The molecular weight excluding hydrogens is 277 g/mol. The maximum absolute atomic E-state index is 12.0. The second kappa shape index (κ2) is 10.8. The van der Waals surface area contributed by atoms with Crippen molar-refractivity contribution in [1.82, 2.24) is 0 Å². The highest BCUT2D eigenvalue weighted by molar-refractivity contribution is 7.91. The van der Waals surface area contributed by atoms with Crippen molar-refractivity contribution in [2.75, 3.05) is 12.9 Å². The minimum absolute atomic E-state index is 0.0417. The summed E-state index contributed by atoms with van der Waals surface area (Å²) in [7, 11) is -3.33. The predicted octanol–water partition coefficient (Wildman–Crippen LogP) is 3.90. The van der Waals surface area contributed by atoms with E-state index in [1.807, 2.05) is 20.8 Å². The standard InChI is InChI=1S/C10H12F2O2S.C2H6.CH3F/c1-2-8-3-5-9(6-4-8)15(13,14)7-10(11)12;2*1-2/h3-6,10H,2,7H2,1H3;1-2H3;1H3. The minimum atomic E-state index is -3.83. The van der Waals surface area contributed by atoms with Gasteiger partial charge in [0.2, 0.25) is 0 Å². The lowest BCUT2D eigenvalue weighted by Crippen LogP contribution is -2.13. The van der Waals surface area contributed by atoms with E-state index in [0.717, 1.165) is 12.0 Å². The van der Waals surface area contributed by atoms with Crippen LogP contribution >= 0.6 is 0 Å². The lowest BCUT2D eigenvalue weighted by Gasteiger charge is -2.04. The Morgan fingerprint density at radius 3 is 1.79 bits per heavy atom. The number of halogens is 3. The van der Waals surface area contributed by atoms with Gasteiger partial charge in [0.1, 0.15) is 5.75 Å². The molecule has 0 bridgehead atoms. The van der Waals surface area contributed by atoms with Crippen LogP contribution in [0.4, 0.5) is 13.2 Å². The Balaban J connectivity index is 0. The van der Waals surface area contributed by atoms with Crippen molar-refractivity contribution < 1.29 is 21.6 Å². The summed E-state index contributed by atoms with van der Waals surface area (Å²) < 4.78 is 56.2. The van der Waals surface area contributed by atoms with Gasteiger partial charge in [-0.05, 0) is 24.1 Å². The van der Waals surface area contributed by atoms with Crippen LogP contribution in [0.3, 0.4) is 0 Å². The normalized spacial score (nSPS) is 10.1. The lowest BCUT2D eigenvalue weighted by molar-refractivity contribution is 0.174. The first-order valence-electron chi connectivity index (χ1n) is 5.93. The van der Waals surface area contributed by atoms with Crippen molar-refractivity contribution in [3.8, 4) is 0 Å². The van der Waals surface area contributed by atoms with Crippen LogP contribution < -0.4 is 0 Å². The van der Waals surface area contributed by atoms with Gasteiger partial charge >= 0.3 is 0 Å². The van der Waals surface area contributed by atoms with Gasteiger partial charge in [0.15, 0.2) is 9.84 Å².